The lowest BCUT2D eigenvalue weighted by Gasteiger charge is -2.35. The van der Waals surface area contributed by atoms with Crippen molar-refractivity contribution < 1.29 is 5.11 Å². The van der Waals surface area contributed by atoms with Crippen LogP contribution in [-0.4, -0.2) is 58.9 Å². The normalized spacial score (nSPS) is 27.7. The second-order valence-corrected chi connectivity index (χ2v) is 6.84. The fraction of sp³-hybridized carbons (Fsp3) is 0.714. The number of aliphatic hydroxyl groups is 1. The Labute approximate surface area is 124 Å². The van der Waals surface area contributed by atoms with Crippen LogP contribution in [0.3, 0.4) is 0 Å². The molecule has 0 saturated carbocycles. The fourth-order valence-corrected chi connectivity index (χ4v) is 3.72. The van der Waals surface area contributed by atoms with Crippen molar-refractivity contribution in [3.8, 4) is 0 Å². The van der Waals surface area contributed by atoms with Gasteiger partial charge in [-0.1, -0.05) is 6.92 Å². The topological polar surface area (TPSA) is 52.5 Å². The molecule has 2 aliphatic rings. The number of piperidine rings is 1. The van der Waals surface area contributed by atoms with Gasteiger partial charge in [-0.2, -0.15) is 11.8 Å². The van der Waals surface area contributed by atoms with E-state index in [1.54, 1.807) is 6.33 Å². The Morgan fingerprint density at radius 3 is 2.55 bits per heavy atom. The highest BCUT2D eigenvalue weighted by atomic mass is 32.2. The molecule has 110 valence electrons. The molecule has 0 amide bonds. The number of aromatic nitrogens is 2. The van der Waals surface area contributed by atoms with Crippen molar-refractivity contribution in [2.75, 3.05) is 47.5 Å². The molecule has 0 aromatic carbocycles. The average molecular weight is 294 g/mol. The van der Waals surface area contributed by atoms with Gasteiger partial charge in [-0.15, -0.1) is 0 Å². The molecule has 20 heavy (non-hydrogen) atoms. The second kappa shape index (κ2) is 6.18. The lowest BCUT2D eigenvalue weighted by molar-refractivity contribution is 0.0969. The zero-order valence-electron chi connectivity index (χ0n) is 11.9. The van der Waals surface area contributed by atoms with Gasteiger partial charge in [0.25, 0.3) is 0 Å². The summed E-state index contributed by atoms with van der Waals surface area (Å²) in [6, 6.07) is 2.10. The zero-order chi connectivity index (χ0) is 13.9. The van der Waals surface area contributed by atoms with Crippen molar-refractivity contribution in [2.45, 2.75) is 19.4 Å². The maximum absolute atomic E-state index is 9.83. The van der Waals surface area contributed by atoms with Gasteiger partial charge in [0.2, 0.25) is 0 Å². The molecule has 0 unspecified atom stereocenters. The van der Waals surface area contributed by atoms with E-state index in [0.29, 0.717) is 5.92 Å². The van der Waals surface area contributed by atoms with E-state index in [1.807, 2.05) is 11.8 Å². The summed E-state index contributed by atoms with van der Waals surface area (Å²) in [5.41, 5.74) is 0. The van der Waals surface area contributed by atoms with E-state index in [0.717, 1.165) is 44.2 Å². The monoisotopic (exact) mass is 294 g/mol. The smallest absolute Gasteiger partial charge is 0.134 e. The largest absolute Gasteiger partial charge is 0.393 e. The minimum Gasteiger partial charge on any atom is -0.393 e. The fourth-order valence-electron chi connectivity index (χ4n) is 2.82. The van der Waals surface area contributed by atoms with Gasteiger partial charge in [-0.05, 0) is 12.3 Å². The molecule has 3 heterocycles. The van der Waals surface area contributed by atoms with E-state index in [1.165, 1.54) is 11.5 Å². The first-order valence-corrected chi connectivity index (χ1v) is 8.47. The van der Waals surface area contributed by atoms with Crippen LogP contribution in [0.4, 0.5) is 11.6 Å². The van der Waals surface area contributed by atoms with Gasteiger partial charge in [0.15, 0.2) is 0 Å². The van der Waals surface area contributed by atoms with Gasteiger partial charge < -0.3 is 14.9 Å². The van der Waals surface area contributed by atoms with Gasteiger partial charge in [0, 0.05) is 43.8 Å². The Bertz CT molecular complexity index is 453. The molecular weight excluding hydrogens is 272 g/mol. The Kier molecular flexibility index (Phi) is 4.31. The van der Waals surface area contributed by atoms with Crippen molar-refractivity contribution in [1.29, 1.82) is 0 Å². The molecule has 1 aromatic rings. The molecule has 0 spiro atoms. The molecule has 0 radical (unpaired) electrons. The SMILES string of the molecule is C[C@@H]1CN(c2cc(N3CCSCC3)ncn2)CC[C@H]1O. The molecule has 1 N–H and O–H groups in total. The molecule has 6 heteroatoms. The van der Waals surface area contributed by atoms with Crippen LogP contribution in [0.15, 0.2) is 12.4 Å². The number of aliphatic hydroxyl groups excluding tert-OH is 1. The van der Waals surface area contributed by atoms with Crippen LogP contribution in [-0.2, 0) is 0 Å². The van der Waals surface area contributed by atoms with Crippen molar-refractivity contribution in [1.82, 2.24) is 9.97 Å². The predicted octanol–water partition coefficient (Wildman–Crippen LogP) is 1.24. The van der Waals surface area contributed by atoms with E-state index in [-0.39, 0.29) is 6.10 Å². The van der Waals surface area contributed by atoms with Crippen LogP contribution in [0.25, 0.3) is 0 Å². The maximum Gasteiger partial charge on any atom is 0.134 e. The molecular formula is C14H22N4OS. The lowest BCUT2D eigenvalue weighted by atomic mass is 9.97. The second-order valence-electron chi connectivity index (χ2n) is 5.61. The Morgan fingerprint density at radius 2 is 1.85 bits per heavy atom. The number of rotatable bonds is 2. The van der Waals surface area contributed by atoms with Crippen LogP contribution in [0.5, 0.6) is 0 Å². The molecule has 3 rings (SSSR count). The summed E-state index contributed by atoms with van der Waals surface area (Å²) >= 11 is 2.00. The summed E-state index contributed by atoms with van der Waals surface area (Å²) in [5, 5.41) is 9.83. The molecule has 2 aliphatic heterocycles. The summed E-state index contributed by atoms with van der Waals surface area (Å²) in [6.45, 7) is 5.97. The van der Waals surface area contributed by atoms with Crippen LogP contribution < -0.4 is 9.80 Å². The van der Waals surface area contributed by atoms with Crippen LogP contribution >= 0.6 is 11.8 Å². The van der Waals surface area contributed by atoms with Gasteiger partial charge in [0.05, 0.1) is 6.10 Å². The summed E-state index contributed by atoms with van der Waals surface area (Å²) in [7, 11) is 0. The zero-order valence-corrected chi connectivity index (χ0v) is 12.7. The molecule has 2 saturated heterocycles. The molecule has 0 aliphatic carbocycles. The van der Waals surface area contributed by atoms with Gasteiger partial charge in [0.1, 0.15) is 18.0 Å². The number of thioether (sulfide) groups is 1. The molecule has 2 fully saturated rings. The van der Waals surface area contributed by atoms with E-state index < -0.39 is 0 Å². The van der Waals surface area contributed by atoms with Gasteiger partial charge >= 0.3 is 0 Å². The average Bonchev–Trinajstić information content (AvgIpc) is 2.51. The van der Waals surface area contributed by atoms with Crippen LogP contribution in [0.1, 0.15) is 13.3 Å². The van der Waals surface area contributed by atoms with Crippen LogP contribution in [0, 0.1) is 5.92 Å². The Hall–Kier alpha value is -1.01. The summed E-state index contributed by atoms with van der Waals surface area (Å²) in [5.74, 6) is 4.67. The first-order chi connectivity index (χ1) is 9.74. The lowest BCUT2D eigenvalue weighted by Crippen LogP contribution is -2.42. The van der Waals surface area contributed by atoms with Crippen molar-refractivity contribution in [3.05, 3.63) is 12.4 Å². The number of nitrogens with zero attached hydrogens (tertiary/aromatic N) is 4. The number of hydrogen-bond acceptors (Lipinski definition) is 6. The number of hydrogen-bond donors (Lipinski definition) is 1. The summed E-state index contributed by atoms with van der Waals surface area (Å²) < 4.78 is 0. The van der Waals surface area contributed by atoms with Gasteiger partial charge in [-0.25, -0.2) is 9.97 Å². The van der Waals surface area contributed by atoms with Crippen LogP contribution in [0.2, 0.25) is 0 Å². The molecule has 1 aromatic heterocycles. The molecule has 2 atom stereocenters. The van der Waals surface area contributed by atoms with Gasteiger partial charge in [-0.3, -0.25) is 0 Å². The third-order valence-electron chi connectivity index (χ3n) is 4.16. The maximum atomic E-state index is 9.83. The first kappa shape index (κ1) is 13.9. The predicted molar refractivity (Wildman–Crippen MR) is 83.6 cm³/mol. The highest BCUT2D eigenvalue weighted by Gasteiger charge is 2.25. The van der Waals surface area contributed by atoms with Crippen molar-refractivity contribution >= 4 is 23.4 Å². The highest BCUT2D eigenvalue weighted by Crippen LogP contribution is 2.25. The Balaban J connectivity index is 1.73. The van der Waals surface area contributed by atoms with E-state index in [2.05, 4.69) is 32.8 Å². The van der Waals surface area contributed by atoms with Crippen molar-refractivity contribution in [3.63, 3.8) is 0 Å². The third kappa shape index (κ3) is 3.01. The van der Waals surface area contributed by atoms with Crippen molar-refractivity contribution in [2.24, 2.45) is 5.92 Å². The molecule has 0 bridgehead atoms. The van der Waals surface area contributed by atoms with E-state index in [9.17, 15) is 5.11 Å². The van der Waals surface area contributed by atoms with E-state index in [4.69, 9.17) is 0 Å². The summed E-state index contributed by atoms with van der Waals surface area (Å²) in [4.78, 5) is 13.4. The minimum absolute atomic E-state index is 0.174. The standard InChI is InChI=1S/C14H22N4OS/c1-11-9-18(3-2-12(11)19)14-8-13(15-10-16-14)17-4-6-20-7-5-17/h8,10-12,19H,2-7,9H2,1H3/t11-,12-/m1/s1. The first-order valence-electron chi connectivity index (χ1n) is 7.32. The molecule has 5 nitrogen and oxygen atoms in total. The Morgan fingerprint density at radius 1 is 1.15 bits per heavy atom. The highest BCUT2D eigenvalue weighted by molar-refractivity contribution is 7.99. The quantitative estimate of drug-likeness (QED) is 0.885. The minimum atomic E-state index is -0.174. The number of anilines is 2. The summed E-state index contributed by atoms with van der Waals surface area (Å²) in [6.07, 6.45) is 2.31. The third-order valence-corrected chi connectivity index (χ3v) is 5.10. The van der Waals surface area contributed by atoms with E-state index >= 15 is 0 Å².